The van der Waals surface area contributed by atoms with E-state index >= 15 is 0 Å². The molecule has 1 unspecified atom stereocenters. The van der Waals surface area contributed by atoms with Gasteiger partial charge in [0, 0.05) is 12.8 Å². The third-order valence-corrected chi connectivity index (χ3v) is 12.6. The largest absolute Gasteiger partial charge is 0.462 e. The quantitative estimate of drug-likeness (QED) is 0.0334. The summed E-state index contributed by atoms with van der Waals surface area (Å²) in [6.07, 6.45) is 29.6. The molecule has 11 heteroatoms. The molecule has 0 bridgehead atoms. The molecule has 0 aliphatic carbocycles. The van der Waals surface area contributed by atoms with Crippen LogP contribution in [-0.2, 0) is 51.4 Å². The summed E-state index contributed by atoms with van der Waals surface area (Å²) in [6.45, 7) is 5.86. The Kier molecular flexibility index (Phi) is 35.8. The smallest absolute Gasteiger partial charge is 0.328 e. The van der Waals surface area contributed by atoms with E-state index in [0.717, 1.165) is 56.1 Å². The van der Waals surface area contributed by atoms with Gasteiger partial charge < -0.3 is 30.0 Å². The lowest BCUT2D eigenvalue weighted by molar-refractivity contribution is -0.151. The molecule has 2 aromatic carbocycles. The summed E-state index contributed by atoms with van der Waals surface area (Å²) in [5.74, 6) is -3.05. The number of amides is 2. The van der Waals surface area contributed by atoms with Gasteiger partial charge in [-0.15, -0.1) is 0 Å². The van der Waals surface area contributed by atoms with Crippen LogP contribution in [0.5, 0.6) is 0 Å². The number of carbonyl (C=O) groups is 5. The van der Waals surface area contributed by atoms with Gasteiger partial charge in [-0.1, -0.05) is 229 Å². The summed E-state index contributed by atoms with van der Waals surface area (Å²) < 4.78 is 16.9. The average Bonchev–Trinajstić information content (AvgIpc) is 3.33. The summed E-state index contributed by atoms with van der Waals surface area (Å²) in [4.78, 5) is 66.6. The fourth-order valence-corrected chi connectivity index (χ4v) is 8.38. The molecule has 0 aliphatic rings. The van der Waals surface area contributed by atoms with Gasteiger partial charge >= 0.3 is 17.9 Å². The van der Waals surface area contributed by atoms with E-state index in [-0.39, 0.29) is 44.9 Å². The molecule has 2 aromatic rings. The lowest BCUT2D eigenvalue weighted by atomic mass is 10.0. The molecule has 4 atom stereocenters. The van der Waals surface area contributed by atoms with Gasteiger partial charge in [0.15, 0.2) is 0 Å². The van der Waals surface area contributed by atoms with Crippen molar-refractivity contribution in [2.75, 3.05) is 0 Å². The minimum atomic E-state index is -1.43. The van der Waals surface area contributed by atoms with Crippen LogP contribution in [0.3, 0.4) is 0 Å². The lowest BCUT2D eigenvalue weighted by Gasteiger charge is -2.25. The minimum Gasteiger partial charge on any atom is -0.462 e. The molecule has 0 fully saturated rings. The summed E-state index contributed by atoms with van der Waals surface area (Å²) >= 11 is 0. The third-order valence-electron chi connectivity index (χ3n) is 12.6. The Morgan fingerprint density at radius 3 is 1.38 bits per heavy atom. The van der Waals surface area contributed by atoms with Gasteiger partial charge in [-0.3, -0.25) is 19.2 Å². The molecule has 0 heterocycles. The van der Waals surface area contributed by atoms with Crippen molar-refractivity contribution in [3.63, 3.8) is 0 Å². The Bertz CT molecular complexity index is 1590. The number of hydrogen-bond acceptors (Lipinski definition) is 9. The van der Waals surface area contributed by atoms with E-state index < -0.39 is 48.0 Å². The van der Waals surface area contributed by atoms with Gasteiger partial charge in [0.05, 0.1) is 12.5 Å². The maximum atomic E-state index is 13.7. The predicted octanol–water partition coefficient (Wildman–Crippen LogP) is 12.9. The zero-order valence-corrected chi connectivity index (χ0v) is 42.6. The summed E-state index contributed by atoms with van der Waals surface area (Å²) in [6, 6.07) is 15.5. The summed E-state index contributed by atoms with van der Waals surface area (Å²) in [5, 5.41) is 16.0. The molecule has 0 aromatic heterocycles. The van der Waals surface area contributed by atoms with E-state index in [2.05, 4.69) is 24.5 Å². The highest BCUT2D eigenvalue weighted by Gasteiger charge is 2.32. The zero-order chi connectivity index (χ0) is 49.3. The van der Waals surface area contributed by atoms with Crippen LogP contribution in [0, 0.1) is 0 Å². The number of esters is 3. The Hall–Kier alpha value is -4.25. The number of benzene rings is 2. The van der Waals surface area contributed by atoms with Crippen LogP contribution in [0.1, 0.15) is 231 Å². The van der Waals surface area contributed by atoms with Gasteiger partial charge in [0.25, 0.3) is 0 Å². The monoisotopic (exact) mass is 949 g/mol. The van der Waals surface area contributed by atoms with Crippen LogP contribution in [-0.4, -0.2) is 59.1 Å². The molecule has 0 aliphatic heterocycles. The van der Waals surface area contributed by atoms with Crippen molar-refractivity contribution in [2.24, 2.45) is 0 Å². The molecule has 0 saturated heterocycles. The van der Waals surface area contributed by atoms with Gasteiger partial charge in [0.1, 0.15) is 31.4 Å². The highest BCUT2D eigenvalue weighted by Crippen LogP contribution is 2.18. The first-order valence-corrected chi connectivity index (χ1v) is 27.0. The van der Waals surface area contributed by atoms with Crippen LogP contribution in [0.15, 0.2) is 60.7 Å². The van der Waals surface area contributed by atoms with E-state index in [4.69, 9.17) is 14.2 Å². The van der Waals surface area contributed by atoms with Crippen molar-refractivity contribution >= 4 is 29.7 Å². The SMILES string of the molecule is CCCCCCCCCCCCCCCC(=O)OC(CCCCCCCCCCCCCCC)CC(=O)N[C@H](C(=O)N[C@@H](CCC(=O)OCc1ccccc1)C(=O)OCc1ccccc1)[C@@H](C)O. The number of ether oxygens (including phenoxy) is 3. The van der Waals surface area contributed by atoms with Gasteiger partial charge in [-0.25, -0.2) is 4.79 Å². The van der Waals surface area contributed by atoms with Crippen molar-refractivity contribution < 1.29 is 43.3 Å². The standard InChI is InChI=1S/C57H92N2O9/c1-4-6-8-10-12-14-16-18-20-22-24-26-34-40-50(68-54(63)41-35-27-25-23-21-19-17-15-13-11-9-7-5-2)44-52(61)59-55(47(3)60)56(64)58-51(57(65)67-46-49-38-32-29-33-39-49)42-43-53(62)66-45-48-36-30-28-31-37-48/h28-33,36-39,47,50-51,55,60H,4-27,34-35,40-46H2,1-3H3,(H,58,64)(H,59,61)/t47-,50?,51+,55+/m1/s1. The maximum absolute atomic E-state index is 13.7. The van der Waals surface area contributed by atoms with Gasteiger partial charge in [-0.05, 0) is 43.7 Å². The Morgan fingerprint density at radius 2 is 0.926 bits per heavy atom. The molecule has 3 N–H and O–H groups in total. The molecular weight excluding hydrogens is 857 g/mol. The van der Waals surface area contributed by atoms with Crippen molar-refractivity contribution in [2.45, 2.75) is 257 Å². The first kappa shape index (κ1) is 59.9. The molecule has 0 saturated carbocycles. The molecule has 0 radical (unpaired) electrons. The maximum Gasteiger partial charge on any atom is 0.328 e. The number of aliphatic hydroxyl groups is 1. The Morgan fingerprint density at radius 1 is 0.500 bits per heavy atom. The number of rotatable bonds is 43. The predicted molar refractivity (Wildman–Crippen MR) is 272 cm³/mol. The first-order valence-electron chi connectivity index (χ1n) is 27.0. The second-order valence-electron chi connectivity index (χ2n) is 19.0. The Labute approximate surface area is 411 Å². The highest BCUT2D eigenvalue weighted by atomic mass is 16.5. The van der Waals surface area contributed by atoms with Crippen LogP contribution < -0.4 is 10.6 Å². The van der Waals surface area contributed by atoms with Crippen LogP contribution >= 0.6 is 0 Å². The Balaban J connectivity index is 1.96. The average molecular weight is 949 g/mol. The number of nitrogens with one attached hydrogen (secondary N) is 2. The molecular formula is C57H92N2O9. The lowest BCUT2D eigenvalue weighted by Crippen LogP contribution is -2.56. The van der Waals surface area contributed by atoms with Crippen molar-refractivity contribution in [1.29, 1.82) is 0 Å². The molecule has 2 rings (SSSR count). The molecule has 0 spiro atoms. The summed E-state index contributed by atoms with van der Waals surface area (Å²) in [5.41, 5.74) is 1.54. The van der Waals surface area contributed by atoms with E-state index in [9.17, 15) is 29.1 Å². The van der Waals surface area contributed by atoms with E-state index in [0.29, 0.717) is 6.42 Å². The second kappa shape index (κ2) is 40.6. The van der Waals surface area contributed by atoms with Crippen molar-refractivity contribution in [3.05, 3.63) is 71.8 Å². The molecule has 68 heavy (non-hydrogen) atoms. The number of unbranched alkanes of at least 4 members (excludes halogenated alkanes) is 24. The van der Waals surface area contributed by atoms with Crippen molar-refractivity contribution in [1.82, 2.24) is 10.6 Å². The topological polar surface area (TPSA) is 157 Å². The van der Waals surface area contributed by atoms with E-state index in [1.54, 1.807) is 12.1 Å². The van der Waals surface area contributed by atoms with Crippen molar-refractivity contribution in [3.8, 4) is 0 Å². The highest BCUT2D eigenvalue weighted by molar-refractivity contribution is 5.91. The van der Waals surface area contributed by atoms with Crippen LogP contribution in [0.4, 0.5) is 0 Å². The fraction of sp³-hybridized carbons (Fsp3) is 0.702. The molecule has 2 amide bonds. The molecule has 11 nitrogen and oxygen atoms in total. The number of hydrogen-bond donors (Lipinski definition) is 3. The van der Waals surface area contributed by atoms with E-state index in [1.165, 1.54) is 129 Å². The summed E-state index contributed by atoms with van der Waals surface area (Å²) in [7, 11) is 0. The van der Waals surface area contributed by atoms with Crippen LogP contribution in [0.25, 0.3) is 0 Å². The second-order valence-corrected chi connectivity index (χ2v) is 19.0. The van der Waals surface area contributed by atoms with E-state index in [1.807, 2.05) is 48.5 Å². The van der Waals surface area contributed by atoms with Crippen LogP contribution in [0.2, 0.25) is 0 Å². The zero-order valence-electron chi connectivity index (χ0n) is 42.6. The van der Waals surface area contributed by atoms with Gasteiger partial charge in [0.2, 0.25) is 11.8 Å². The van der Waals surface area contributed by atoms with Gasteiger partial charge in [-0.2, -0.15) is 0 Å². The normalized spacial score (nSPS) is 12.9. The number of carbonyl (C=O) groups excluding carboxylic acids is 5. The third kappa shape index (κ3) is 31.7. The fourth-order valence-electron chi connectivity index (χ4n) is 8.38. The number of aliphatic hydroxyl groups excluding tert-OH is 1. The first-order chi connectivity index (χ1) is 33.1. The minimum absolute atomic E-state index is 0.0558. The molecule has 384 valence electrons.